The van der Waals surface area contributed by atoms with Crippen molar-refractivity contribution < 1.29 is 9.59 Å². The average Bonchev–Trinajstić information content (AvgIpc) is 2.53. The molecule has 0 bridgehead atoms. The van der Waals surface area contributed by atoms with Crippen molar-refractivity contribution in [1.29, 1.82) is 0 Å². The maximum Gasteiger partial charge on any atom is 0.173 e. The fourth-order valence-corrected chi connectivity index (χ4v) is 2.26. The molecule has 0 heterocycles. The minimum atomic E-state index is -0.618. The van der Waals surface area contributed by atoms with Crippen molar-refractivity contribution in [2.75, 3.05) is 0 Å². The van der Waals surface area contributed by atoms with Crippen LogP contribution in [0.5, 0.6) is 0 Å². The Kier molecular flexibility index (Phi) is 4.46. The highest BCUT2D eigenvalue weighted by Gasteiger charge is 2.27. The first kappa shape index (κ1) is 14.2. The zero-order chi connectivity index (χ0) is 14.5. The first-order valence-corrected chi connectivity index (χ1v) is 6.79. The molecule has 0 amide bonds. The van der Waals surface area contributed by atoms with Crippen LogP contribution in [0.1, 0.15) is 35.7 Å². The van der Waals surface area contributed by atoms with Gasteiger partial charge in [0.2, 0.25) is 0 Å². The monoisotopic (exact) mass is 266 g/mol. The SMILES string of the molecule is CC(C(=O)c1ccccc1)C(=O)C(C)c1ccccc1. The minimum absolute atomic E-state index is 0.0370. The van der Waals surface area contributed by atoms with Crippen LogP contribution >= 0.6 is 0 Å². The van der Waals surface area contributed by atoms with Gasteiger partial charge in [-0.25, -0.2) is 0 Å². The summed E-state index contributed by atoms with van der Waals surface area (Å²) in [6.07, 6.45) is 0. The van der Waals surface area contributed by atoms with Crippen LogP contribution in [-0.4, -0.2) is 11.6 Å². The molecule has 0 aliphatic carbocycles. The molecule has 102 valence electrons. The van der Waals surface area contributed by atoms with Crippen LogP contribution in [0.2, 0.25) is 0 Å². The highest BCUT2D eigenvalue weighted by atomic mass is 16.2. The fourth-order valence-electron chi connectivity index (χ4n) is 2.26. The number of carbonyl (C=O) groups is 2. The van der Waals surface area contributed by atoms with Gasteiger partial charge in [0.15, 0.2) is 11.6 Å². The van der Waals surface area contributed by atoms with E-state index in [0.717, 1.165) is 5.56 Å². The Bertz CT molecular complexity index is 587. The lowest BCUT2D eigenvalue weighted by atomic mass is 9.85. The highest BCUT2D eigenvalue weighted by Crippen LogP contribution is 2.22. The van der Waals surface area contributed by atoms with Crippen LogP contribution in [0.3, 0.4) is 0 Å². The van der Waals surface area contributed by atoms with Gasteiger partial charge < -0.3 is 0 Å². The van der Waals surface area contributed by atoms with Gasteiger partial charge in [0.25, 0.3) is 0 Å². The van der Waals surface area contributed by atoms with Crippen molar-refractivity contribution in [3.8, 4) is 0 Å². The van der Waals surface area contributed by atoms with Crippen molar-refractivity contribution in [2.24, 2.45) is 5.92 Å². The third-order valence-corrected chi connectivity index (χ3v) is 3.60. The summed E-state index contributed by atoms with van der Waals surface area (Å²) in [5, 5.41) is 0. The Hall–Kier alpha value is -2.22. The molecular formula is C18H18O2. The van der Waals surface area contributed by atoms with E-state index < -0.39 is 5.92 Å². The summed E-state index contributed by atoms with van der Waals surface area (Å²) in [7, 11) is 0. The van der Waals surface area contributed by atoms with Gasteiger partial charge in [-0.15, -0.1) is 0 Å². The molecule has 2 unspecified atom stereocenters. The maximum atomic E-state index is 12.4. The molecule has 2 atom stereocenters. The number of carbonyl (C=O) groups excluding carboxylic acids is 2. The number of Topliss-reactive ketones (excluding diaryl/α,β-unsaturated/α-hetero) is 2. The maximum absolute atomic E-state index is 12.4. The van der Waals surface area contributed by atoms with Gasteiger partial charge >= 0.3 is 0 Å². The molecule has 2 nitrogen and oxygen atoms in total. The lowest BCUT2D eigenvalue weighted by molar-refractivity contribution is -0.122. The summed E-state index contributed by atoms with van der Waals surface area (Å²) in [6.45, 7) is 3.55. The van der Waals surface area contributed by atoms with Crippen LogP contribution in [-0.2, 0) is 4.79 Å². The van der Waals surface area contributed by atoms with E-state index in [1.165, 1.54) is 0 Å². The zero-order valence-corrected chi connectivity index (χ0v) is 11.7. The van der Waals surface area contributed by atoms with Crippen molar-refractivity contribution in [2.45, 2.75) is 19.8 Å². The minimum Gasteiger partial charge on any atom is -0.298 e. The standard InChI is InChI=1S/C18H18O2/c1-13(15-9-5-3-6-10-15)17(19)14(2)18(20)16-11-7-4-8-12-16/h3-14H,1-2H3. The summed E-state index contributed by atoms with van der Waals surface area (Å²) >= 11 is 0. The van der Waals surface area contributed by atoms with Crippen LogP contribution in [0.15, 0.2) is 60.7 Å². The predicted octanol–water partition coefficient (Wildman–Crippen LogP) is 3.88. The van der Waals surface area contributed by atoms with Crippen LogP contribution < -0.4 is 0 Å². The second-order valence-electron chi connectivity index (χ2n) is 4.99. The van der Waals surface area contributed by atoms with E-state index in [4.69, 9.17) is 0 Å². The molecule has 20 heavy (non-hydrogen) atoms. The summed E-state index contributed by atoms with van der Waals surface area (Å²) in [6, 6.07) is 18.5. The van der Waals surface area contributed by atoms with Gasteiger partial charge in [-0.3, -0.25) is 9.59 Å². The lowest BCUT2D eigenvalue weighted by Crippen LogP contribution is -2.25. The molecule has 0 radical (unpaired) electrons. The molecule has 0 saturated heterocycles. The zero-order valence-electron chi connectivity index (χ0n) is 11.7. The van der Waals surface area contributed by atoms with Crippen molar-refractivity contribution in [1.82, 2.24) is 0 Å². The number of ketones is 2. The Morgan fingerprint density at radius 2 is 1.30 bits per heavy atom. The molecule has 0 spiro atoms. The number of benzene rings is 2. The molecule has 0 N–H and O–H groups in total. The number of hydrogen-bond donors (Lipinski definition) is 0. The molecule has 2 aromatic rings. The molecule has 0 fully saturated rings. The van der Waals surface area contributed by atoms with Gasteiger partial charge in [0.05, 0.1) is 5.92 Å². The first-order valence-electron chi connectivity index (χ1n) is 6.79. The van der Waals surface area contributed by atoms with E-state index in [1.54, 1.807) is 19.1 Å². The Labute approximate surface area is 119 Å². The van der Waals surface area contributed by atoms with Crippen LogP contribution in [0.4, 0.5) is 0 Å². The Morgan fingerprint density at radius 1 is 0.800 bits per heavy atom. The Balaban J connectivity index is 2.15. The smallest absolute Gasteiger partial charge is 0.173 e. The van der Waals surface area contributed by atoms with E-state index in [9.17, 15) is 9.59 Å². The summed E-state index contributed by atoms with van der Waals surface area (Å²) in [4.78, 5) is 24.7. The fraction of sp³-hybridized carbons (Fsp3) is 0.222. The van der Waals surface area contributed by atoms with Gasteiger partial charge in [0.1, 0.15) is 0 Å². The highest BCUT2D eigenvalue weighted by molar-refractivity contribution is 6.11. The second kappa shape index (κ2) is 6.29. The molecular weight excluding hydrogens is 248 g/mol. The summed E-state index contributed by atoms with van der Waals surface area (Å²) in [5.74, 6) is -1.03. The Morgan fingerprint density at radius 3 is 1.85 bits per heavy atom. The van der Waals surface area contributed by atoms with E-state index in [2.05, 4.69) is 0 Å². The quantitative estimate of drug-likeness (QED) is 0.608. The third-order valence-electron chi connectivity index (χ3n) is 3.60. The molecule has 2 aromatic carbocycles. The van der Waals surface area contributed by atoms with E-state index in [1.807, 2.05) is 55.5 Å². The van der Waals surface area contributed by atoms with Gasteiger partial charge in [-0.2, -0.15) is 0 Å². The van der Waals surface area contributed by atoms with E-state index in [-0.39, 0.29) is 17.5 Å². The van der Waals surface area contributed by atoms with Crippen molar-refractivity contribution in [3.05, 3.63) is 71.8 Å². The second-order valence-corrected chi connectivity index (χ2v) is 4.99. The lowest BCUT2D eigenvalue weighted by Gasteiger charge is -2.16. The average molecular weight is 266 g/mol. The molecule has 0 aliphatic rings. The topological polar surface area (TPSA) is 34.1 Å². The first-order chi connectivity index (χ1) is 9.61. The van der Waals surface area contributed by atoms with Gasteiger partial charge in [-0.1, -0.05) is 67.6 Å². The molecule has 0 aromatic heterocycles. The molecule has 2 rings (SSSR count). The number of hydrogen-bond acceptors (Lipinski definition) is 2. The summed E-state index contributed by atoms with van der Waals surface area (Å²) in [5.41, 5.74) is 1.54. The van der Waals surface area contributed by atoms with Gasteiger partial charge in [-0.05, 0) is 12.5 Å². The third kappa shape index (κ3) is 3.02. The normalized spacial score (nSPS) is 13.5. The number of rotatable bonds is 5. The van der Waals surface area contributed by atoms with E-state index in [0.29, 0.717) is 5.56 Å². The van der Waals surface area contributed by atoms with Crippen molar-refractivity contribution in [3.63, 3.8) is 0 Å². The molecule has 0 saturated carbocycles. The predicted molar refractivity (Wildman–Crippen MR) is 79.8 cm³/mol. The van der Waals surface area contributed by atoms with Crippen molar-refractivity contribution >= 4 is 11.6 Å². The molecule has 0 aliphatic heterocycles. The van der Waals surface area contributed by atoms with Gasteiger partial charge in [0, 0.05) is 11.5 Å². The summed E-state index contributed by atoms with van der Waals surface area (Å²) < 4.78 is 0. The molecule has 2 heteroatoms. The van der Waals surface area contributed by atoms with E-state index >= 15 is 0 Å². The van der Waals surface area contributed by atoms with Crippen LogP contribution in [0, 0.1) is 5.92 Å². The largest absolute Gasteiger partial charge is 0.298 e. The van der Waals surface area contributed by atoms with Crippen LogP contribution in [0.25, 0.3) is 0 Å².